The lowest BCUT2D eigenvalue weighted by Gasteiger charge is -1.96. The van der Waals surface area contributed by atoms with Crippen LogP contribution in [0.1, 0.15) is 29.5 Å². The summed E-state index contributed by atoms with van der Waals surface area (Å²) in [5.74, 6) is 0.586. The van der Waals surface area contributed by atoms with E-state index >= 15 is 0 Å². The Hall–Kier alpha value is -0.500. The van der Waals surface area contributed by atoms with E-state index in [0.29, 0.717) is 11.6 Å². The Kier molecular flexibility index (Phi) is 2.56. The summed E-state index contributed by atoms with van der Waals surface area (Å²) < 4.78 is 25.4. The van der Waals surface area contributed by atoms with Crippen LogP contribution in [0.15, 0.2) is 5.38 Å². The Bertz CT molecular complexity index is 422. The number of aromatic nitrogens is 1. The molecule has 1 aromatic heterocycles. The van der Waals surface area contributed by atoms with Crippen LogP contribution < -0.4 is 5.14 Å². The lowest BCUT2D eigenvalue weighted by atomic mass is 10.4. The van der Waals surface area contributed by atoms with E-state index in [1.54, 1.807) is 16.7 Å². The fourth-order valence-electron chi connectivity index (χ4n) is 1.05. The maximum absolute atomic E-state index is 10.5. The average molecular weight is 234 g/mol. The molecule has 5 nitrogen and oxygen atoms in total. The SMILES string of the molecule is NS(=O)(=O)OCc1csc(C2CC2)n1. The molecule has 0 bridgehead atoms. The van der Waals surface area contributed by atoms with Crippen LogP contribution >= 0.6 is 11.3 Å². The molecule has 7 heteroatoms. The molecule has 1 aromatic rings. The summed E-state index contributed by atoms with van der Waals surface area (Å²) >= 11 is 1.54. The van der Waals surface area contributed by atoms with Gasteiger partial charge in [0.25, 0.3) is 0 Å². The molecule has 14 heavy (non-hydrogen) atoms. The van der Waals surface area contributed by atoms with Crippen molar-refractivity contribution >= 4 is 21.6 Å². The lowest BCUT2D eigenvalue weighted by Crippen LogP contribution is -2.15. The highest BCUT2D eigenvalue weighted by molar-refractivity contribution is 7.84. The summed E-state index contributed by atoms with van der Waals surface area (Å²) in [6.45, 7) is -0.0674. The second-order valence-corrected chi connectivity index (χ2v) is 5.32. The molecular formula is C7H10N2O3S2. The molecule has 1 saturated carbocycles. The minimum atomic E-state index is -3.85. The first-order chi connectivity index (χ1) is 6.54. The van der Waals surface area contributed by atoms with Crippen LogP contribution in [0.5, 0.6) is 0 Å². The van der Waals surface area contributed by atoms with E-state index < -0.39 is 10.3 Å². The number of hydrogen-bond acceptors (Lipinski definition) is 5. The van der Waals surface area contributed by atoms with Gasteiger partial charge in [-0.05, 0) is 12.8 Å². The predicted molar refractivity (Wildman–Crippen MR) is 52.0 cm³/mol. The first-order valence-electron chi connectivity index (χ1n) is 4.16. The van der Waals surface area contributed by atoms with Crippen molar-refractivity contribution in [3.63, 3.8) is 0 Å². The second kappa shape index (κ2) is 3.58. The van der Waals surface area contributed by atoms with Crippen LogP contribution in [0.3, 0.4) is 0 Å². The highest BCUT2D eigenvalue weighted by Crippen LogP contribution is 2.41. The Morgan fingerprint density at radius 3 is 2.93 bits per heavy atom. The molecule has 1 fully saturated rings. The normalized spacial score (nSPS) is 17.2. The maximum atomic E-state index is 10.5. The largest absolute Gasteiger partial charge is 0.333 e. The maximum Gasteiger partial charge on any atom is 0.333 e. The fourth-order valence-corrected chi connectivity index (χ4v) is 2.31. The van der Waals surface area contributed by atoms with Crippen molar-refractivity contribution in [3.05, 3.63) is 16.1 Å². The third-order valence-electron chi connectivity index (χ3n) is 1.87. The molecule has 2 rings (SSSR count). The number of nitrogens with two attached hydrogens (primary N) is 1. The zero-order valence-corrected chi connectivity index (χ0v) is 8.97. The molecule has 1 heterocycles. The van der Waals surface area contributed by atoms with E-state index in [-0.39, 0.29) is 6.61 Å². The van der Waals surface area contributed by atoms with Gasteiger partial charge in [0.2, 0.25) is 0 Å². The van der Waals surface area contributed by atoms with Crippen molar-refractivity contribution in [3.8, 4) is 0 Å². The van der Waals surface area contributed by atoms with Gasteiger partial charge in [0, 0.05) is 11.3 Å². The van der Waals surface area contributed by atoms with Crippen LogP contribution in [0.2, 0.25) is 0 Å². The van der Waals surface area contributed by atoms with E-state index in [1.807, 2.05) is 0 Å². The fraction of sp³-hybridized carbons (Fsp3) is 0.571. The first kappa shape index (κ1) is 10.0. The molecule has 0 amide bonds. The molecule has 0 saturated heterocycles. The van der Waals surface area contributed by atoms with E-state index in [2.05, 4.69) is 14.3 Å². The molecule has 1 aliphatic rings. The predicted octanol–water partition coefficient (Wildman–Crippen LogP) is 0.741. The van der Waals surface area contributed by atoms with Crippen molar-refractivity contribution in [2.45, 2.75) is 25.4 Å². The summed E-state index contributed by atoms with van der Waals surface area (Å²) in [6.07, 6.45) is 2.37. The zero-order valence-electron chi connectivity index (χ0n) is 7.34. The van der Waals surface area contributed by atoms with E-state index in [4.69, 9.17) is 0 Å². The van der Waals surface area contributed by atoms with Gasteiger partial charge in [-0.2, -0.15) is 8.42 Å². The van der Waals surface area contributed by atoms with Crippen molar-refractivity contribution in [2.24, 2.45) is 5.14 Å². The molecule has 0 aromatic carbocycles. The van der Waals surface area contributed by atoms with Crippen molar-refractivity contribution in [1.29, 1.82) is 0 Å². The molecule has 0 unspecified atom stereocenters. The van der Waals surface area contributed by atoms with Gasteiger partial charge < -0.3 is 0 Å². The molecule has 0 radical (unpaired) electrons. The second-order valence-electron chi connectivity index (χ2n) is 3.21. The summed E-state index contributed by atoms with van der Waals surface area (Å²) in [5.41, 5.74) is 0.630. The first-order valence-corrected chi connectivity index (χ1v) is 6.51. The Balaban J connectivity index is 1.96. The van der Waals surface area contributed by atoms with Gasteiger partial charge in [0.05, 0.1) is 10.7 Å². The van der Waals surface area contributed by atoms with Crippen LogP contribution in [0.4, 0.5) is 0 Å². The van der Waals surface area contributed by atoms with Crippen LogP contribution in [0.25, 0.3) is 0 Å². The molecule has 0 atom stereocenters. The minimum absolute atomic E-state index is 0.0674. The molecule has 1 aliphatic carbocycles. The molecule has 2 N–H and O–H groups in total. The highest BCUT2D eigenvalue weighted by atomic mass is 32.2. The van der Waals surface area contributed by atoms with Gasteiger partial charge in [0.1, 0.15) is 6.61 Å². The molecule has 0 aliphatic heterocycles. The highest BCUT2D eigenvalue weighted by Gasteiger charge is 2.26. The number of hydrogen-bond donors (Lipinski definition) is 1. The van der Waals surface area contributed by atoms with Gasteiger partial charge in [-0.15, -0.1) is 11.3 Å². The number of nitrogens with zero attached hydrogens (tertiary/aromatic N) is 1. The van der Waals surface area contributed by atoms with Crippen LogP contribution in [0, 0.1) is 0 Å². The van der Waals surface area contributed by atoms with Crippen molar-refractivity contribution in [1.82, 2.24) is 4.98 Å². The molecule has 0 spiro atoms. The van der Waals surface area contributed by atoms with Gasteiger partial charge in [-0.25, -0.2) is 10.1 Å². The number of rotatable bonds is 4. The lowest BCUT2D eigenvalue weighted by molar-refractivity contribution is 0.304. The molecular weight excluding hydrogens is 224 g/mol. The summed E-state index contributed by atoms with van der Waals surface area (Å²) in [4.78, 5) is 4.25. The summed E-state index contributed by atoms with van der Waals surface area (Å²) in [5, 5.41) is 7.56. The van der Waals surface area contributed by atoms with Gasteiger partial charge in [-0.3, -0.25) is 4.18 Å². The Morgan fingerprint density at radius 1 is 1.64 bits per heavy atom. The smallest absolute Gasteiger partial charge is 0.252 e. The number of thiazole rings is 1. The van der Waals surface area contributed by atoms with Gasteiger partial charge >= 0.3 is 10.3 Å². The van der Waals surface area contributed by atoms with E-state index in [0.717, 1.165) is 5.01 Å². The van der Waals surface area contributed by atoms with E-state index in [9.17, 15) is 8.42 Å². The third kappa shape index (κ3) is 2.74. The Labute approximate surface area is 86.2 Å². The summed E-state index contributed by atoms with van der Waals surface area (Å²) in [7, 11) is -3.85. The van der Waals surface area contributed by atoms with Crippen LogP contribution in [-0.2, 0) is 21.1 Å². The van der Waals surface area contributed by atoms with Crippen molar-refractivity contribution < 1.29 is 12.6 Å². The van der Waals surface area contributed by atoms with Gasteiger partial charge in [-0.1, -0.05) is 0 Å². The zero-order chi connectivity index (χ0) is 10.2. The van der Waals surface area contributed by atoms with Crippen molar-refractivity contribution in [2.75, 3.05) is 0 Å². The minimum Gasteiger partial charge on any atom is -0.252 e. The topological polar surface area (TPSA) is 82.3 Å². The average Bonchev–Trinajstić information content (AvgIpc) is 2.81. The summed E-state index contributed by atoms with van der Waals surface area (Å²) in [6, 6.07) is 0. The Morgan fingerprint density at radius 2 is 2.36 bits per heavy atom. The third-order valence-corrected chi connectivity index (χ3v) is 3.37. The standard InChI is InChI=1S/C7H10N2O3S2/c8-14(10,11)12-3-6-4-13-7(9-6)5-1-2-5/h4-5H,1-3H2,(H2,8,10,11). The van der Waals surface area contributed by atoms with Crippen LogP contribution in [-0.4, -0.2) is 13.4 Å². The monoisotopic (exact) mass is 234 g/mol. The van der Waals surface area contributed by atoms with Gasteiger partial charge in [0.15, 0.2) is 0 Å². The molecule has 78 valence electrons. The quantitative estimate of drug-likeness (QED) is 0.833. The van der Waals surface area contributed by atoms with E-state index in [1.165, 1.54) is 12.8 Å².